The van der Waals surface area contributed by atoms with Crippen LogP contribution in [-0.2, 0) is 0 Å². The van der Waals surface area contributed by atoms with Crippen LogP contribution in [-0.4, -0.2) is 11.6 Å². The van der Waals surface area contributed by atoms with Crippen molar-refractivity contribution in [1.29, 1.82) is 0 Å². The zero-order chi connectivity index (χ0) is 41.6. The molecule has 4 unspecified atom stereocenters. The fourth-order valence-corrected chi connectivity index (χ4v) is 8.57. The van der Waals surface area contributed by atoms with Crippen LogP contribution in [0, 0.1) is 24.7 Å². The van der Waals surface area contributed by atoms with Crippen molar-refractivity contribution < 1.29 is 9.59 Å². The van der Waals surface area contributed by atoms with Crippen LogP contribution >= 0.6 is 0 Å². The van der Waals surface area contributed by atoms with E-state index in [0.29, 0.717) is 23.7 Å². The van der Waals surface area contributed by atoms with Gasteiger partial charge in [0.05, 0.1) is 0 Å². The van der Waals surface area contributed by atoms with E-state index in [1.165, 1.54) is 90.3 Å². The molecule has 4 atom stereocenters. The second-order valence-electron chi connectivity index (χ2n) is 15.7. The van der Waals surface area contributed by atoms with E-state index in [1.54, 1.807) is 13.8 Å². The first-order valence-electron chi connectivity index (χ1n) is 21.4. The number of rotatable bonds is 10. The van der Waals surface area contributed by atoms with Crippen molar-refractivity contribution in [2.45, 2.75) is 117 Å². The molecule has 4 aliphatic carbocycles. The highest BCUT2D eigenvalue weighted by atomic mass is 16.1. The van der Waals surface area contributed by atoms with E-state index < -0.39 is 0 Å². The standard InChI is InChI=1S/2C14H16O.2C14H14/c1-3-5-11-8-9-14-12(10(2)15)6-4-7-13(11)14;1-3-4-11-5-6-13-9-12(10(2)15)7-8-14(11)13;1-3-6-12-9-10-14-11(4-2)7-5-8-13(12)14;1-3-5-12-7-8-13-10-11(4-2)6-9-14(12)13/h4,6-9,11H,3,5H2,1-2H3;5-9,11H,3-4H2,1-2H3;2,5,7-10,12H,3,6H2,1H3;2,6-10,12H,3,5H2,1H3. The van der Waals surface area contributed by atoms with Crippen LogP contribution in [0.25, 0.3) is 24.3 Å². The number of carbonyl (C=O) groups is 2. The Morgan fingerprint density at radius 1 is 0.517 bits per heavy atom. The van der Waals surface area contributed by atoms with E-state index in [2.05, 4.69) is 125 Å². The number of Topliss-reactive ketones (excluding diaryl/α,β-unsaturated/α-hetero) is 2. The van der Waals surface area contributed by atoms with Gasteiger partial charge in [0.25, 0.3) is 0 Å². The summed E-state index contributed by atoms with van der Waals surface area (Å²) in [6.07, 6.45) is 38.1. The Kier molecular flexibility index (Phi) is 15.8. The molecular formula is C56H60O2. The number of terminal acetylenes is 2. The lowest BCUT2D eigenvalue weighted by Crippen LogP contribution is -1.99. The van der Waals surface area contributed by atoms with Gasteiger partial charge in [-0.2, -0.15) is 0 Å². The van der Waals surface area contributed by atoms with Gasteiger partial charge in [-0.05, 0) is 108 Å². The van der Waals surface area contributed by atoms with Crippen LogP contribution in [0.15, 0.2) is 97.1 Å². The smallest absolute Gasteiger partial charge is 0.160 e. The van der Waals surface area contributed by atoms with Gasteiger partial charge in [0, 0.05) is 45.9 Å². The molecule has 0 aromatic heterocycles. The molecule has 0 heterocycles. The van der Waals surface area contributed by atoms with Gasteiger partial charge < -0.3 is 0 Å². The van der Waals surface area contributed by atoms with Crippen molar-refractivity contribution in [1.82, 2.24) is 0 Å². The third kappa shape index (κ3) is 10.4. The molecule has 4 aromatic rings. The molecule has 4 aliphatic rings. The number of carbonyl (C=O) groups excluding carboxylic acids is 2. The van der Waals surface area contributed by atoms with Crippen molar-refractivity contribution >= 4 is 35.9 Å². The number of allylic oxidation sites excluding steroid dienone is 4. The zero-order valence-electron chi connectivity index (χ0n) is 35.5. The van der Waals surface area contributed by atoms with Gasteiger partial charge in [0.15, 0.2) is 11.6 Å². The maximum Gasteiger partial charge on any atom is 0.160 e. The Morgan fingerprint density at radius 2 is 1.00 bits per heavy atom. The average molecular weight is 765 g/mol. The highest BCUT2D eigenvalue weighted by Gasteiger charge is 2.21. The summed E-state index contributed by atoms with van der Waals surface area (Å²) in [5.74, 6) is 7.99. The SMILES string of the molecule is C#Cc1ccc2c(c1)C=CC2CCC.C#Cc1cccc2c1C=CC2CCC.CCCC1C=Cc2c(C(C)=O)cccc21.CCCC1C=Cc2cc(C(C)=O)ccc21. The monoisotopic (exact) mass is 764 g/mol. The van der Waals surface area contributed by atoms with Crippen molar-refractivity contribution in [3.63, 3.8) is 0 Å². The second kappa shape index (κ2) is 21.2. The normalized spacial score (nSPS) is 17.9. The van der Waals surface area contributed by atoms with E-state index in [0.717, 1.165) is 27.8 Å². The third-order valence-electron chi connectivity index (χ3n) is 11.6. The maximum absolute atomic E-state index is 11.4. The molecule has 0 radical (unpaired) electrons. The van der Waals surface area contributed by atoms with Crippen LogP contribution in [0.2, 0.25) is 0 Å². The van der Waals surface area contributed by atoms with E-state index in [4.69, 9.17) is 12.8 Å². The first-order valence-corrected chi connectivity index (χ1v) is 21.4. The summed E-state index contributed by atoms with van der Waals surface area (Å²) in [5.41, 5.74) is 14.2. The second-order valence-corrected chi connectivity index (χ2v) is 15.7. The van der Waals surface area contributed by atoms with Gasteiger partial charge >= 0.3 is 0 Å². The van der Waals surface area contributed by atoms with Gasteiger partial charge in [-0.15, -0.1) is 12.8 Å². The zero-order valence-corrected chi connectivity index (χ0v) is 35.5. The van der Waals surface area contributed by atoms with Gasteiger partial charge in [-0.25, -0.2) is 0 Å². The lowest BCUT2D eigenvalue weighted by molar-refractivity contribution is 0.100. The summed E-state index contributed by atoms with van der Waals surface area (Å²) in [6, 6.07) is 24.7. The molecule has 0 amide bonds. The highest BCUT2D eigenvalue weighted by molar-refractivity contribution is 5.99. The molecule has 0 fully saturated rings. The molecule has 0 saturated heterocycles. The molecular weight excluding hydrogens is 705 g/mol. The molecule has 0 spiro atoms. The minimum absolute atomic E-state index is 0.144. The lowest BCUT2D eigenvalue weighted by atomic mass is 9.93. The molecule has 0 saturated carbocycles. The molecule has 0 aliphatic heterocycles. The van der Waals surface area contributed by atoms with Crippen LogP contribution in [0.4, 0.5) is 0 Å². The average Bonchev–Trinajstić information content (AvgIpc) is 4.05. The van der Waals surface area contributed by atoms with Gasteiger partial charge in [-0.1, -0.05) is 162 Å². The largest absolute Gasteiger partial charge is 0.295 e. The Balaban J connectivity index is 0.000000147. The fourth-order valence-electron chi connectivity index (χ4n) is 8.57. The quantitative estimate of drug-likeness (QED) is 0.119. The predicted octanol–water partition coefficient (Wildman–Crippen LogP) is 14.8. The minimum atomic E-state index is 0.144. The topological polar surface area (TPSA) is 34.1 Å². The van der Waals surface area contributed by atoms with E-state index in [-0.39, 0.29) is 11.6 Å². The number of fused-ring (bicyclic) bond motifs is 4. The third-order valence-corrected chi connectivity index (χ3v) is 11.6. The van der Waals surface area contributed by atoms with Crippen molar-refractivity contribution in [3.05, 3.63) is 164 Å². The Hall–Kier alpha value is -5.70. The molecule has 8 rings (SSSR count). The molecule has 2 heteroatoms. The Bertz CT molecular complexity index is 2290. The Morgan fingerprint density at radius 3 is 1.52 bits per heavy atom. The van der Waals surface area contributed by atoms with Gasteiger partial charge in [0.2, 0.25) is 0 Å². The van der Waals surface area contributed by atoms with Crippen molar-refractivity contribution in [3.8, 4) is 24.7 Å². The molecule has 4 aromatic carbocycles. The summed E-state index contributed by atoms with van der Waals surface area (Å²) in [6.45, 7) is 12.1. The molecule has 0 N–H and O–H groups in total. The first kappa shape index (κ1) is 43.4. The molecule has 2 nitrogen and oxygen atoms in total. The fraction of sp³-hybridized carbons (Fsp3) is 0.321. The lowest BCUT2D eigenvalue weighted by Gasteiger charge is -2.10. The number of hydrogen-bond donors (Lipinski definition) is 0. The van der Waals surface area contributed by atoms with E-state index in [9.17, 15) is 9.59 Å². The van der Waals surface area contributed by atoms with Gasteiger partial charge in [-0.3, -0.25) is 9.59 Å². The minimum Gasteiger partial charge on any atom is -0.295 e. The van der Waals surface area contributed by atoms with E-state index in [1.807, 2.05) is 36.4 Å². The summed E-state index contributed by atoms with van der Waals surface area (Å²) in [5, 5.41) is 0. The predicted molar refractivity (Wildman–Crippen MR) is 248 cm³/mol. The summed E-state index contributed by atoms with van der Waals surface area (Å²) >= 11 is 0. The molecule has 296 valence electrons. The number of ketones is 2. The summed E-state index contributed by atoms with van der Waals surface area (Å²) in [4.78, 5) is 22.7. The van der Waals surface area contributed by atoms with Crippen molar-refractivity contribution in [2.75, 3.05) is 0 Å². The molecule has 58 heavy (non-hydrogen) atoms. The summed E-state index contributed by atoms with van der Waals surface area (Å²) in [7, 11) is 0. The van der Waals surface area contributed by atoms with Gasteiger partial charge in [0.1, 0.15) is 0 Å². The van der Waals surface area contributed by atoms with Crippen LogP contribution in [0.3, 0.4) is 0 Å². The highest BCUT2D eigenvalue weighted by Crippen LogP contribution is 2.37. The molecule has 0 bridgehead atoms. The number of benzene rings is 4. The number of hydrogen-bond acceptors (Lipinski definition) is 2. The van der Waals surface area contributed by atoms with Crippen LogP contribution in [0.1, 0.15) is 193 Å². The Labute approximate surface area is 349 Å². The van der Waals surface area contributed by atoms with E-state index >= 15 is 0 Å². The van der Waals surface area contributed by atoms with Crippen molar-refractivity contribution in [2.24, 2.45) is 0 Å². The first-order chi connectivity index (χ1) is 28.2. The van der Waals surface area contributed by atoms with Crippen LogP contribution in [0.5, 0.6) is 0 Å². The summed E-state index contributed by atoms with van der Waals surface area (Å²) < 4.78 is 0. The maximum atomic E-state index is 11.4. The van der Waals surface area contributed by atoms with Crippen LogP contribution < -0.4 is 0 Å².